The van der Waals surface area contributed by atoms with E-state index in [1.807, 2.05) is 18.2 Å². The molecule has 4 rings (SSSR count). The molecule has 1 aliphatic heterocycles. The summed E-state index contributed by atoms with van der Waals surface area (Å²) in [5, 5.41) is 6.53. The van der Waals surface area contributed by atoms with Crippen molar-refractivity contribution in [3.05, 3.63) is 29.3 Å². The van der Waals surface area contributed by atoms with E-state index in [1.54, 1.807) is 0 Å². The van der Waals surface area contributed by atoms with Crippen LogP contribution in [0.3, 0.4) is 0 Å². The fourth-order valence-electron chi connectivity index (χ4n) is 4.65. The van der Waals surface area contributed by atoms with E-state index in [9.17, 15) is 9.59 Å². The summed E-state index contributed by atoms with van der Waals surface area (Å²) in [5.41, 5.74) is 2.44. The van der Waals surface area contributed by atoms with Crippen molar-refractivity contribution in [2.75, 3.05) is 18.4 Å². The standard InChI is InChI=1S/C19H24N2O2/c22-17-6-3-4-13-7-8-15(10-16(13)17)21-18(23)19-9-2-1-5-14(19)11-20-12-19/h7-8,10,14,20H,1-6,9,11-12H2,(H,21,23)/t14-,19+/m0/s1. The number of hydrogen-bond donors (Lipinski definition) is 2. The van der Waals surface area contributed by atoms with Crippen LogP contribution in [0, 0.1) is 11.3 Å². The van der Waals surface area contributed by atoms with Crippen LogP contribution in [-0.2, 0) is 11.2 Å². The SMILES string of the molecule is O=C1CCCc2ccc(NC(=O)[C@@]34CCCC[C@H]3CNC4)cc21. The average molecular weight is 312 g/mol. The fourth-order valence-corrected chi connectivity index (χ4v) is 4.65. The van der Waals surface area contributed by atoms with Crippen molar-refractivity contribution in [1.29, 1.82) is 0 Å². The third-order valence-corrected chi connectivity index (χ3v) is 6.01. The van der Waals surface area contributed by atoms with Crippen molar-refractivity contribution in [1.82, 2.24) is 5.32 Å². The molecule has 2 aliphatic carbocycles. The van der Waals surface area contributed by atoms with Gasteiger partial charge in [0.1, 0.15) is 0 Å². The van der Waals surface area contributed by atoms with Crippen molar-refractivity contribution in [3.63, 3.8) is 0 Å². The number of Topliss-reactive ketones (excluding diaryl/α,β-unsaturated/α-hetero) is 1. The lowest BCUT2D eigenvalue weighted by Crippen LogP contribution is -2.44. The summed E-state index contributed by atoms with van der Waals surface area (Å²) in [4.78, 5) is 25.1. The maximum atomic E-state index is 13.0. The monoisotopic (exact) mass is 312 g/mol. The van der Waals surface area contributed by atoms with Gasteiger partial charge in [-0.1, -0.05) is 18.9 Å². The van der Waals surface area contributed by atoms with E-state index in [-0.39, 0.29) is 17.1 Å². The van der Waals surface area contributed by atoms with E-state index in [0.29, 0.717) is 12.3 Å². The molecule has 1 aromatic rings. The zero-order valence-corrected chi connectivity index (χ0v) is 13.5. The predicted octanol–water partition coefficient (Wildman–Crippen LogP) is 2.92. The molecule has 1 saturated carbocycles. The molecule has 0 bridgehead atoms. The summed E-state index contributed by atoms with van der Waals surface area (Å²) >= 11 is 0. The molecule has 2 fully saturated rings. The van der Waals surface area contributed by atoms with Crippen molar-refractivity contribution in [2.45, 2.75) is 44.9 Å². The number of rotatable bonds is 2. The molecule has 0 unspecified atom stereocenters. The predicted molar refractivity (Wildman–Crippen MR) is 89.6 cm³/mol. The number of nitrogens with one attached hydrogen (secondary N) is 2. The first-order chi connectivity index (χ1) is 11.2. The van der Waals surface area contributed by atoms with Gasteiger partial charge < -0.3 is 10.6 Å². The molecule has 4 nitrogen and oxygen atoms in total. The molecule has 0 radical (unpaired) electrons. The number of carbonyl (C=O) groups excluding carboxylic acids is 2. The quantitative estimate of drug-likeness (QED) is 0.883. The third kappa shape index (κ3) is 2.49. The highest BCUT2D eigenvalue weighted by Crippen LogP contribution is 2.44. The molecule has 122 valence electrons. The first-order valence-corrected chi connectivity index (χ1v) is 8.87. The highest BCUT2D eigenvalue weighted by Gasteiger charge is 2.49. The molecule has 0 spiro atoms. The summed E-state index contributed by atoms with van der Waals surface area (Å²) in [7, 11) is 0. The number of benzene rings is 1. The van der Waals surface area contributed by atoms with E-state index >= 15 is 0 Å². The second-order valence-corrected chi connectivity index (χ2v) is 7.33. The Morgan fingerprint density at radius 1 is 1.22 bits per heavy atom. The topological polar surface area (TPSA) is 58.2 Å². The number of fused-ring (bicyclic) bond motifs is 2. The third-order valence-electron chi connectivity index (χ3n) is 6.01. The van der Waals surface area contributed by atoms with Crippen LogP contribution in [0.25, 0.3) is 0 Å². The van der Waals surface area contributed by atoms with Crippen LogP contribution in [0.15, 0.2) is 18.2 Å². The number of anilines is 1. The summed E-state index contributed by atoms with van der Waals surface area (Å²) in [5.74, 6) is 0.796. The second-order valence-electron chi connectivity index (χ2n) is 7.33. The van der Waals surface area contributed by atoms with Crippen molar-refractivity contribution in [2.24, 2.45) is 11.3 Å². The number of amides is 1. The molecule has 1 amide bonds. The van der Waals surface area contributed by atoms with Gasteiger partial charge in [-0.05, 0) is 55.8 Å². The minimum absolute atomic E-state index is 0.135. The molecule has 3 aliphatic rings. The van der Waals surface area contributed by atoms with Crippen LogP contribution >= 0.6 is 0 Å². The number of hydrogen-bond acceptors (Lipinski definition) is 3. The van der Waals surface area contributed by atoms with Gasteiger partial charge >= 0.3 is 0 Å². The van der Waals surface area contributed by atoms with Crippen molar-refractivity contribution in [3.8, 4) is 0 Å². The van der Waals surface area contributed by atoms with Gasteiger partial charge in [0.2, 0.25) is 5.91 Å². The Kier molecular flexibility index (Phi) is 3.72. The molecular formula is C19H24N2O2. The van der Waals surface area contributed by atoms with Crippen LogP contribution in [0.1, 0.15) is 54.4 Å². The maximum absolute atomic E-state index is 13.0. The zero-order valence-electron chi connectivity index (χ0n) is 13.5. The number of ketones is 1. The van der Waals surface area contributed by atoms with Crippen molar-refractivity contribution >= 4 is 17.4 Å². The molecule has 4 heteroatoms. The molecule has 2 N–H and O–H groups in total. The minimum Gasteiger partial charge on any atom is -0.326 e. The minimum atomic E-state index is -0.252. The molecule has 0 aromatic heterocycles. The molecular weight excluding hydrogens is 288 g/mol. The lowest BCUT2D eigenvalue weighted by Gasteiger charge is -2.37. The normalized spacial score (nSPS) is 29.7. The van der Waals surface area contributed by atoms with Crippen LogP contribution < -0.4 is 10.6 Å². The Balaban J connectivity index is 1.57. The Bertz CT molecular complexity index is 655. The first-order valence-electron chi connectivity index (χ1n) is 8.87. The van der Waals surface area contributed by atoms with E-state index in [4.69, 9.17) is 0 Å². The van der Waals surface area contributed by atoms with E-state index < -0.39 is 0 Å². The van der Waals surface area contributed by atoms with Gasteiger partial charge in [-0.3, -0.25) is 9.59 Å². The van der Waals surface area contributed by atoms with E-state index in [1.165, 1.54) is 6.42 Å². The lowest BCUT2D eigenvalue weighted by atomic mass is 9.67. The Labute approximate surface area is 137 Å². The molecule has 1 aromatic carbocycles. The molecule has 23 heavy (non-hydrogen) atoms. The molecule has 1 saturated heterocycles. The largest absolute Gasteiger partial charge is 0.326 e. The molecule has 2 atom stereocenters. The van der Waals surface area contributed by atoms with Crippen LogP contribution in [0.5, 0.6) is 0 Å². The summed E-state index contributed by atoms with van der Waals surface area (Å²) < 4.78 is 0. The Morgan fingerprint density at radius 2 is 2.13 bits per heavy atom. The molecule has 1 heterocycles. The summed E-state index contributed by atoms with van der Waals surface area (Å²) in [6, 6.07) is 5.84. The van der Waals surface area contributed by atoms with Gasteiger partial charge in [-0.2, -0.15) is 0 Å². The van der Waals surface area contributed by atoms with E-state index in [0.717, 1.165) is 62.0 Å². The van der Waals surface area contributed by atoms with Crippen LogP contribution in [0.4, 0.5) is 5.69 Å². The van der Waals surface area contributed by atoms with Gasteiger partial charge in [0.15, 0.2) is 5.78 Å². The Hall–Kier alpha value is -1.68. The average Bonchev–Trinajstić information content (AvgIpc) is 3.01. The Morgan fingerprint density at radius 3 is 3.04 bits per heavy atom. The zero-order chi connectivity index (χ0) is 15.9. The first kappa shape index (κ1) is 14.9. The summed E-state index contributed by atoms with van der Waals surface area (Å²) in [6.45, 7) is 1.74. The van der Waals surface area contributed by atoms with Crippen LogP contribution in [-0.4, -0.2) is 24.8 Å². The highest BCUT2D eigenvalue weighted by atomic mass is 16.2. The van der Waals surface area contributed by atoms with Gasteiger partial charge in [0.25, 0.3) is 0 Å². The van der Waals surface area contributed by atoms with Gasteiger partial charge in [0.05, 0.1) is 5.41 Å². The lowest BCUT2D eigenvalue weighted by molar-refractivity contribution is -0.128. The van der Waals surface area contributed by atoms with E-state index in [2.05, 4.69) is 10.6 Å². The summed E-state index contributed by atoms with van der Waals surface area (Å²) in [6.07, 6.45) is 7.01. The maximum Gasteiger partial charge on any atom is 0.232 e. The smallest absolute Gasteiger partial charge is 0.232 e. The second kappa shape index (κ2) is 5.75. The van der Waals surface area contributed by atoms with Gasteiger partial charge in [-0.25, -0.2) is 0 Å². The highest BCUT2D eigenvalue weighted by molar-refractivity contribution is 6.01. The fraction of sp³-hybridized carbons (Fsp3) is 0.579. The van der Waals surface area contributed by atoms with Crippen molar-refractivity contribution < 1.29 is 9.59 Å². The van der Waals surface area contributed by atoms with Crippen LogP contribution in [0.2, 0.25) is 0 Å². The number of carbonyl (C=O) groups is 2. The number of aryl methyl sites for hydroxylation is 1. The van der Waals surface area contributed by atoms with Gasteiger partial charge in [-0.15, -0.1) is 0 Å². The van der Waals surface area contributed by atoms with Gasteiger partial charge in [0, 0.05) is 24.2 Å².